The molecule has 2 rings (SSSR count). The third kappa shape index (κ3) is 3.15. The Kier molecular flexibility index (Phi) is 3.74. The third-order valence-electron chi connectivity index (χ3n) is 2.67. The topological polar surface area (TPSA) is 59.3 Å². The molecule has 0 unspecified atom stereocenters. The van der Waals surface area contributed by atoms with E-state index in [4.69, 9.17) is 4.42 Å². The van der Waals surface area contributed by atoms with Gasteiger partial charge >= 0.3 is 0 Å². The number of nitrogens with one attached hydrogen (secondary N) is 1. The highest BCUT2D eigenvalue weighted by Gasteiger charge is 2.19. The maximum atomic E-state index is 12.3. The van der Waals surface area contributed by atoms with Crippen molar-refractivity contribution in [2.75, 3.05) is 0 Å². The smallest absolute Gasteiger partial charge is 0.252 e. The summed E-state index contributed by atoms with van der Waals surface area (Å²) >= 11 is 0. The van der Waals surface area contributed by atoms with Crippen molar-refractivity contribution in [1.82, 2.24) is 5.32 Å². The van der Waals surface area contributed by atoms with Crippen LogP contribution in [0.5, 0.6) is 0 Å². The van der Waals surface area contributed by atoms with Gasteiger partial charge < -0.3 is 9.73 Å². The van der Waals surface area contributed by atoms with E-state index < -0.39 is 0 Å². The van der Waals surface area contributed by atoms with Crippen molar-refractivity contribution in [3.63, 3.8) is 0 Å². The van der Waals surface area contributed by atoms with Crippen LogP contribution in [0, 0.1) is 0 Å². The number of hydrogen-bond acceptors (Lipinski definition) is 3. The summed E-state index contributed by atoms with van der Waals surface area (Å²) in [5.41, 5.74) is 0.873. The molecule has 4 nitrogen and oxygen atoms in total. The Morgan fingerprint density at radius 3 is 2.45 bits per heavy atom. The standard InChI is InChI=1S/C16H17NO3/c1-16(2,3)17-15(19)13-7-5-4-6-12(13)14-9-8-11(10-18)20-14/h4-10H,1-3H3,(H,17,19). The van der Waals surface area contributed by atoms with Crippen LogP contribution in [0.25, 0.3) is 11.3 Å². The summed E-state index contributed by atoms with van der Waals surface area (Å²) in [6.45, 7) is 5.76. The van der Waals surface area contributed by atoms with E-state index in [1.165, 1.54) is 0 Å². The second-order valence-corrected chi connectivity index (χ2v) is 5.57. The molecular weight excluding hydrogens is 254 g/mol. The van der Waals surface area contributed by atoms with Crippen molar-refractivity contribution in [3.8, 4) is 11.3 Å². The molecule has 0 saturated carbocycles. The lowest BCUT2D eigenvalue weighted by Crippen LogP contribution is -2.40. The lowest BCUT2D eigenvalue weighted by Gasteiger charge is -2.21. The first-order chi connectivity index (χ1) is 9.40. The minimum atomic E-state index is -0.318. The second-order valence-electron chi connectivity index (χ2n) is 5.57. The van der Waals surface area contributed by atoms with E-state index in [0.717, 1.165) is 0 Å². The Balaban J connectivity index is 2.40. The zero-order valence-corrected chi connectivity index (χ0v) is 11.8. The van der Waals surface area contributed by atoms with E-state index >= 15 is 0 Å². The molecule has 2 aromatic rings. The van der Waals surface area contributed by atoms with Gasteiger partial charge in [-0.1, -0.05) is 18.2 Å². The Morgan fingerprint density at radius 1 is 1.15 bits per heavy atom. The predicted octanol–water partition coefficient (Wildman–Crippen LogP) is 3.29. The van der Waals surface area contributed by atoms with Gasteiger partial charge in [0.1, 0.15) is 5.76 Å². The predicted molar refractivity (Wildman–Crippen MR) is 76.8 cm³/mol. The first-order valence-corrected chi connectivity index (χ1v) is 6.37. The fourth-order valence-electron chi connectivity index (χ4n) is 1.86. The number of carbonyl (C=O) groups is 2. The van der Waals surface area contributed by atoms with Crippen LogP contribution in [-0.4, -0.2) is 17.7 Å². The summed E-state index contributed by atoms with van der Waals surface area (Å²) in [5.74, 6) is 0.579. The normalized spacial score (nSPS) is 11.2. The molecule has 0 aliphatic carbocycles. The van der Waals surface area contributed by atoms with E-state index in [1.807, 2.05) is 26.8 Å². The number of carbonyl (C=O) groups excluding carboxylic acids is 2. The molecule has 0 saturated heterocycles. The molecule has 0 aliphatic heterocycles. The maximum Gasteiger partial charge on any atom is 0.252 e. The van der Waals surface area contributed by atoms with Crippen LogP contribution in [0.15, 0.2) is 40.8 Å². The molecule has 0 atom stereocenters. The Morgan fingerprint density at radius 2 is 1.85 bits per heavy atom. The van der Waals surface area contributed by atoms with E-state index in [0.29, 0.717) is 23.2 Å². The van der Waals surface area contributed by atoms with Crippen LogP contribution >= 0.6 is 0 Å². The number of benzene rings is 1. The zero-order chi connectivity index (χ0) is 14.8. The summed E-state index contributed by atoms with van der Waals surface area (Å²) in [5, 5.41) is 2.92. The SMILES string of the molecule is CC(C)(C)NC(=O)c1ccccc1-c1ccc(C=O)o1. The summed E-state index contributed by atoms with van der Waals surface area (Å²) in [4.78, 5) is 23.0. The zero-order valence-electron chi connectivity index (χ0n) is 11.8. The van der Waals surface area contributed by atoms with Gasteiger partial charge in [0.25, 0.3) is 5.91 Å². The summed E-state index contributed by atoms with van der Waals surface area (Å²) in [6.07, 6.45) is 0.640. The number of amides is 1. The lowest BCUT2D eigenvalue weighted by molar-refractivity contribution is 0.0920. The van der Waals surface area contributed by atoms with E-state index in [9.17, 15) is 9.59 Å². The summed E-state index contributed by atoms with van der Waals surface area (Å²) < 4.78 is 5.39. The Labute approximate surface area is 117 Å². The van der Waals surface area contributed by atoms with Gasteiger partial charge in [0, 0.05) is 11.1 Å². The van der Waals surface area contributed by atoms with Crippen LogP contribution in [0.4, 0.5) is 0 Å². The second kappa shape index (κ2) is 5.33. The fourth-order valence-corrected chi connectivity index (χ4v) is 1.86. The number of aldehydes is 1. The average molecular weight is 271 g/mol. The molecule has 1 aromatic heterocycles. The quantitative estimate of drug-likeness (QED) is 0.871. The molecule has 1 N–H and O–H groups in total. The lowest BCUT2D eigenvalue weighted by atomic mass is 10.0. The van der Waals surface area contributed by atoms with Crippen LogP contribution in [0.2, 0.25) is 0 Å². The first-order valence-electron chi connectivity index (χ1n) is 6.37. The van der Waals surface area contributed by atoms with Gasteiger partial charge in [-0.05, 0) is 39.0 Å². The highest BCUT2D eigenvalue weighted by Crippen LogP contribution is 2.25. The fraction of sp³-hybridized carbons (Fsp3) is 0.250. The summed E-state index contributed by atoms with van der Waals surface area (Å²) in [6, 6.07) is 10.4. The molecular formula is C16H17NO3. The average Bonchev–Trinajstić information content (AvgIpc) is 2.85. The number of furan rings is 1. The van der Waals surface area contributed by atoms with Crippen molar-refractivity contribution in [3.05, 3.63) is 47.7 Å². The van der Waals surface area contributed by atoms with Crippen molar-refractivity contribution in [2.45, 2.75) is 26.3 Å². The van der Waals surface area contributed by atoms with E-state index in [2.05, 4.69) is 5.32 Å². The molecule has 1 aromatic carbocycles. The highest BCUT2D eigenvalue weighted by molar-refractivity contribution is 6.00. The van der Waals surface area contributed by atoms with E-state index in [1.54, 1.807) is 30.3 Å². The largest absolute Gasteiger partial charge is 0.453 e. The van der Waals surface area contributed by atoms with Crippen molar-refractivity contribution < 1.29 is 14.0 Å². The molecule has 0 spiro atoms. The van der Waals surface area contributed by atoms with Crippen molar-refractivity contribution in [2.24, 2.45) is 0 Å². The maximum absolute atomic E-state index is 12.3. The van der Waals surface area contributed by atoms with Gasteiger partial charge in [-0.15, -0.1) is 0 Å². The van der Waals surface area contributed by atoms with Gasteiger partial charge in [-0.2, -0.15) is 0 Å². The molecule has 4 heteroatoms. The molecule has 1 heterocycles. The Bertz CT molecular complexity index is 635. The molecule has 0 radical (unpaired) electrons. The monoisotopic (exact) mass is 271 g/mol. The van der Waals surface area contributed by atoms with Gasteiger partial charge in [0.2, 0.25) is 0 Å². The molecule has 1 amide bonds. The van der Waals surface area contributed by atoms with Gasteiger partial charge in [0.05, 0.1) is 5.56 Å². The van der Waals surface area contributed by atoms with Crippen LogP contribution < -0.4 is 5.32 Å². The van der Waals surface area contributed by atoms with Crippen LogP contribution in [-0.2, 0) is 0 Å². The van der Waals surface area contributed by atoms with Gasteiger partial charge in [0.15, 0.2) is 12.0 Å². The molecule has 104 valence electrons. The third-order valence-corrected chi connectivity index (χ3v) is 2.67. The van der Waals surface area contributed by atoms with Crippen LogP contribution in [0.1, 0.15) is 41.7 Å². The Hall–Kier alpha value is -2.36. The first kappa shape index (κ1) is 14.1. The minimum Gasteiger partial charge on any atom is -0.453 e. The van der Waals surface area contributed by atoms with E-state index in [-0.39, 0.29) is 17.2 Å². The highest BCUT2D eigenvalue weighted by atomic mass is 16.3. The summed E-state index contributed by atoms with van der Waals surface area (Å²) in [7, 11) is 0. The molecule has 20 heavy (non-hydrogen) atoms. The number of rotatable bonds is 3. The molecule has 0 aliphatic rings. The molecule has 0 fully saturated rings. The minimum absolute atomic E-state index is 0.169. The van der Waals surface area contributed by atoms with Gasteiger partial charge in [-0.3, -0.25) is 9.59 Å². The van der Waals surface area contributed by atoms with Gasteiger partial charge in [-0.25, -0.2) is 0 Å². The number of hydrogen-bond donors (Lipinski definition) is 1. The van der Waals surface area contributed by atoms with Crippen LogP contribution in [0.3, 0.4) is 0 Å². The van der Waals surface area contributed by atoms with Crippen molar-refractivity contribution in [1.29, 1.82) is 0 Å². The molecule has 0 bridgehead atoms. The van der Waals surface area contributed by atoms with Crippen molar-refractivity contribution >= 4 is 12.2 Å².